The van der Waals surface area contributed by atoms with Crippen molar-refractivity contribution in [2.75, 3.05) is 13.7 Å². The summed E-state index contributed by atoms with van der Waals surface area (Å²) in [5, 5.41) is 3.71. The number of fused-ring (bicyclic) bond motifs is 1. The fourth-order valence-electron chi connectivity index (χ4n) is 1.71. The van der Waals surface area contributed by atoms with Gasteiger partial charge < -0.3 is 20.8 Å². The van der Waals surface area contributed by atoms with E-state index in [1.165, 1.54) is 0 Å². The molecule has 0 fully saturated rings. The molecule has 0 spiro atoms. The highest BCUT2D eigenvalue weighted by atomic mass is 16.5. The van der Waals surface area contributed by atoms with Gasteiger partial charge in [-0.25, -0.2) is 0 Å². The van der Waals surface area contributed by atoms with Crippen LogP contribution in [0.15, 0.2) is 24.3 Å². The number of hydrogen-bond donors (Lipinski definition) is 3. The SMILES string of the molecule is COc1ccc2[nH]c(C(=O)NCC(C)N)cc2c1. The van der Waals surface area contributed by atoms with Crippen molar-refractivity contribution < 1.29 is 9.53 Å². The van der Waals surface area contributed by atoms with Gasteiger partial charge in [-0.2, -0.15) is 0 Å². The van der Waals surface area contributed by atoms with Gasteiger partial charge in [0.2, 0.25) is 0 Å². The van der Waals surface area contributed by atoms with E-state index in [9.17, 15) is 4.79 Å². The third-order valence-corrected chi connectivity index (χ3v) is 2.66. The third-order valence-electron chi connectivity index (χ3n) is 2.66. The zero-order valence-corrected chi connectivity index (χ0v) is 10.5. The lowest BCUT2D eigenvalue weighted by molar-refractivity contribution is 0.0947. The van der Waals surface area contributed by atoms with Crippen molar-refractivity contribution in [2.24, 2.45) is 5.73 Å². The second kappa shape index (κ2) is 5.10. The molecule has 4 N–H and O–H groups in total. The standard InChI is InChI=1S/C13H17N3O2/c1-8(14)7-15-13(17)12-6-9-5-10(18-2)3-4-11(9)16-12/h3-6,8,16H,7,14H2,1-2H3,(H,15,17). The summed E-state index contributed by atoms with van der Waals surface area (Å²) in [5.41, 5.74) is 7.02. The molecule has 1 amide bonds. The van der Waals surface area contributed by atoms with E-state index in [0.29, 0.717) is 12.2 Å². The topological polar surface area (TPSA) is 80.1 Å². The third kappa shape index (κ3) is 2.62. The van der Waals surface area contributed by atoms with Crippen LogP contribution in [-0.2, 0) is 0 Å². The Bertz CT molecular complexity index is 560. The first-order chi connectivity index (χ1) is 8.60. The molecule has 5 nitrogen and oxygen atoms in total. The molecule has 0 saturated heterocycles. The van der Waals surface area contributed by atoms with Crippen LogP contribution in [0, 0.1) is 0 Å². The molecule has 2 aromatic rings. The van der Waals surface area contributed by atoms with Crippen molar-refractivity contribution in [3.63, 3.8) is 0 Å². The molecule has 2 rings (SSSR count). The van der Waals surface area contributed by atoms with Crippen LogP contribution in [0.2, 0.25) is 0 Å². The molecule has 1 aromatic heterocycles. The summed E-state index contributed by atoms with van der Waals surface area (Å²) in [5.74, 6) is 0.617. The van der Waals surface area contributed by atoms with Crippen molar-refractivity contribution in [1.29, 1.82) is 0 Å². The van der Waals surface area contributed by atoms with Crippen molar-refractivity contribution in [2.45, 2.75) is 13.0 Å². The number of carbonyl (C=O) groups excluding carboxylic acids is 1. The molecule has 0 aliphatic carbocycles. The van der Waals surface area contributed by atoms with Gasteiger partial charge in [-0.1, -0.05) is 0 Å². The van der Waals surface area contributed by atoms with E-state index >= 15 is 0 Å². The summed E-state index contributed by atoms with van der Waals surface area (Å²) in [6.07, 6.45) is 0. The molecule has 0 bridgehead atoms. The van der Waals surface area contributed by atoms with Crippen LogP contribution in [0.25, 0.3) is 10.9 Å². The molecule has 18 heavy (non-hydrogen) atoms. The number of aromatic amines is 1. The Labute approximate surface area is 105 Å². The Kier molecular flexibility index (Phi) is 3.53. The largest absolute Gasteiger partial charge is 0.497 e. The van der Waals surface area contributed by atoms with Crippen LogP contribution in [0.1, 0.15) is 17.4 Å². The Morgan fingerprint density at radius 3 is 2.94 bits per heavy atom. The number of amides is 1. The monoisotopic (exact) mass is 247 g/mol. The number of benzene rings is 1. The lowest BCUT2D eigenvalue weighted by atomic mass is 10.2. The smallest absolute Gasteiger partial charge is 0.267 e. The summed E-state index contributed by atoms with van der Waals surface area (Å²) < 4.78 is 5.14. The first kappa shape index (κ1) is 12.4. The fourth-order valence-corrected chi connectivity index (χ4v) is 1.71. The molecule has 1 aromatic carbocycles. The lowest BCUT2D eigenvalue weighted by Gasteiger charge is -2.05. The highest BCUT2D eigenvalue weighted by molar-refractivity contribution is 5.98. The van der Waals surface area contributed by atoms with Gasteiger partial charge in [-0.3, -0.25) is 4.79 Å². The number of nitrogens with two attached hydrogens (primary N) is 1. The van der Waals surface area contributed by atoms with Gasteiger partial charge in [0.1, 0.15) is 11.4 Å². The van der Waals surface area contributed by atoms with E-state index < -0.39 is 0 Å². The number of hydrogen-bond acceptors (Lipinski definition) is 3. The molecule has 1 unspecified atom stereocenters. The Morgan fingerprint density at radius 1 is 1.50 bits per heavy atom. The van der Waals surface area contributed by atoms with Crippen LogP contribution in [0.3, 0.4) is 0 Å². The van der Waals surface area contributed by atoms with E-state index in [4.69, 9.17) is 10.5 Å². The summed E-state index contributed by atoms with van der Waals surface area (Å²) >= 11 is 0. The summed E-state index contributed by atoms with van der Waals surface area (Å²) in [6, 6.07) is 7.36. The van der Waals surface area contributed by atoms with Crippen molar-refractivity contribution in [1.82, 2.24) is 10.3 Å². The molecule has 0 saturated carbocycles. The second-order valence-electron chi connectivity index (χ2n) is 4.32. The second-order valence-corrected chi connectivity index (χ2v) is 4.32. The van der Waals surface area contributed by atoms with Crippen LogP contribution in [-0.4, -0.2) is 30.6 Å². The van der Waals surface area contributed by atoms with Gasteiger partial charge in [0.05, 0.1) is 7.11 Å². The predicted octanol–water partition coefficient (Wildman–Crippen LogP) is 1.25. The fraction of sp³-hybridized carbons (Fsp3) is 0.308. The Morgan fingerprint density at radius 2 is 2.28 bits per heavy atom. The molecule has 1 atom stereocenters. The maximum Gasteiger partial charge on any atom is 0.267 e. The van der Waals surface area contributed by atoms with Gasteiger partial charge in [0.15, 0.2) is 0 Å². The predicted molar refractivity (Wildman–Crippen MR) is 70.8 cm³/mol. The number of carbonyl (C=O) groups is 1. The molecule has 0 radical (unpaired) electrons. The number of aromatic nitrogens is 1. The Balaban J connectivity index is 2.21. The number of rotatable bonds is 4. The van der Waals surface area contributed by atoms with Crippen LogP contribution in [0.4, 0.5) is 0 Å². The maximum atomic E-state index is 11.8. The molecular weight excluding hydrogens is 230 g/mol. The molecule has 0 aliphatic heterocycles. The number of ether oxygens (including phenoxy) is 1. The average molecular weight is 247 g/mol. The van der Waals surface area contributed by atoms with Gasteiger partial charge in [-0.05, 0) is 31.2 Å². The normalized spacial score (nSPS) is 12.4. The highest BCUT2D eigenvalue weighted by Crippen LogP contribution is 2.21. The minimum Gasteiger partial charge on any atom is -0.497 e. The van der Waals surface area contributed by atoms with E-state index in [1.54, 1.807) is 13.2 Å². The molecule has 0 aliphatic rings. The van der Waals surface area contributed by atoms with Gasteiger partial charge in [0, 0.05) is 23.5 Å². The number of H-pyrrole nitrogens is 1. The molecular formula is C13H17N3O2. The molecule has 5 heteroatoms. The lowest BCUT2D eigenvalue weighted by Crippen LogP contribution is -2.35. The van der Waals surface area contributed by atoms with Crippen LogP contribution in [0.5, 0.6) is 5.75 Å². The number of nitrogens with one attached hydrogen (secondary N) is 2. The van der Waals surface area contributed by atoms with Crippen molar-refractivity contribution in [3.8, 4) is 5.75 Å². The Hall–Kier alpha value is -2.01. The van der Waals surface area contributed by atoms with Crippen molar-refractivity contribution in [3.05, 3.63) is 30.0 Å². The maximum absolute atomic E-state index is 11.8. The summed E-state index contributed by atoms with van der Waals surface area (Å²) in [7, 11) is 1.62. The van der Waals surface area contributed by atoms with Gasteiger partial charge in [-0.15, -0.1) is 0 Å². The quantitative estimate of drug-likeness (QED) is 0.760. The van der Waals surface area contributed by atoms with E-state index in [1.807, 2.05) is 25.1 Å². The summed E-state index contributed by atoms with van der Waals surface area (Å²) in [4.78, 5) is 14.9. The zero-order chi connectivity index (χ0) is 13.1. The summed E-state index contributed by atoms with van der Waals surface area (Å²) in [6.45, 7) is 2.30. The van der Waals surface area contributed by atoms with Crippen molar-refractivity contribution >= 4 is 16.8 Å². The first-order valence-electron chi connectivity index (χ1n) is 5.80. The zero-order valence-electron chi connectivity index (χ0n) is 10.5. The molecule has 1 heterocycles. The highest BCUT2D eigenvalue weighted by Gasteiger charge is 2.10. The minimum atomic E-state index is -0.150. The van der Waals surface area contributed by atoms with Gasteiger partial charge >= 0.3 is 0 Å². The van der Waals surface area contributed by atoms with E-state index in [2.05, 4.69) is 10.3 Å². The average Bonchev–Trinajstić information content (AvgIpc) is 2.78. The molecule has 96 valence electrons. The minimum absolute atomic E-state index is 0.0570. The number of methoxy groups -OCH3 is 1. The first-order valence-corrected chi connectivity index (χ1v) is 5.80. The van der Waals surface area contributed by atoms with Gasteiger partial charge in [0.25, 0.3) is 5.91 Å². The van der Waals surface area contributed by atoms with Crippen LogP contribution >= 0.6 is 0 Å². The van der Waals surface area contributed by atoms with E-state index in [0.717, 1.165) is 16.7 Å². The van der Waals surface area contributed by atoms with E-state index in [-0.39, 0.29) is 11.9 Å². The van der Waals surface area contributed by atoms with Crippen LogP contribution < -0.4 is 15.8 Å².